The van der Waals surface area contributed by atoms with E-state index in [1.807, 2.05) is 43.3 Å². The highest BCUT2D eigenvalue weighted by atomic mass is 35.5. The van der Waals surface area contributed by atoms with Crippen molar-refractivity contribution in [2.45, 2.75) is 32.2 Å². The van der Waals surface area contributed by atoms with Gasteiger partial charge in [0, 0.05) is 59.0 Å². The summed E-state index contributed by atoms with van der Waals surface area (Å²) in [6.45, 7) is 3.12. The van der Waals surface area contributed by atoms with E-state index < -0.39 is 6.29 Å². The van der Waals surface area contributed by atoms with Crippen LogP contribution >= 0.6 is 11.6 Å². The molecule has 5 rings (SSSR count). The average Bonchev–Trinajstić information content (AvgIpc) is 2.88. The van der Waals surface area contributed by atoms with E-state index in [1.54, 1.807) is 23.9 Å². The molecule has 1 aliphatic rings. The van der Waals surface area contributed by atoms with Crippen LogP contribution in [0.25, 0.3) is 33.4 Å². The Labute approximate surface area is 213 Å². The Kier molecular flexibility index (Phi) is 6.97. The summed E-state index contributed by atoms with van der Waals surface area (Å²) in [5, 5.41) is 4.11. The largest absolute Gasteiger partial charge is 0.357 e. The van der Waals surface area contributed by atoms with Gasteiger partial charge >= 0.3 is 0 Å². The molecular weight excluding hydrogens is 480 g/mol. The van der Waals surface area contributed by atoms with E-state index in [2.05, 4.69) is 20.3 Å². The van der Waals surface area contributed by atoms with Gasteiger partial charge < -0.3 is 20.5 Å². The summed E-state index contributed by atoms with van der Waals surface area (Å²) >= 11 is 6.72. The van der Waals surface area contributed by atoms with E-state index in [-0.39, 0.29) is 11.6 Å². The average molecular weight is 507 g/mol. The van der Waals surface area contributed by atoms with E-state index in [9.17, 15) is 4.79 Å². The third-order valence-corrected chi connectivity index (χ3v) is 6.39. The topological polar surface area (TPSA) is 117 Å². The summed E-state index contributed by atoms with van der Waals surface area (Å²) in [6, 6.07) is 13.1. The van der Waals surface area contributed by atoms with E-state index in [0.717, 1.165) is 22.3 Å². The fourth-order valence-corrected chi connectivity index (χ4v) is 4.52. The number of rotatable bonds is 6. The fourth-order valence-electron chi connectivity index (χ4n) is 4.24. The molecule has 4 aromatic rings. The van der Waals surface area contributed by atoms with Crippen molar-refractivity contribution in [3.8, 4) is 22.4 Å². The minimum Gasteiger partial charge on any atom is -0.357 e. The van der Waals surface area contributed by atoms with E-state index >= 15 is 0 Å². The fraction of sp³-hybridized carbons (Fsp3) is 0.308. The SMILES string of the molecule is CNc1ncc2cc(-c3ccc(-c4cccc(C)n4)cc3Cl)c(=O)n(CC[C@H]3OC[C@H](N)CO3)c2n1. The predicted molar refractivity (Wildman–Crippen MR) is 140 cm³/mol. The number of nitrogens with one attached hydrogen (secondary N) is 1. The Morgan fingerprint density at radius 3 is 2.67 bits per heavy atom. The second kappa shape index (κ2) is 10.3. The van der Waals surface area contributed by atoms with Gasteiger partial charge in [-0.3, -0.25) is 14.3 Å². The molecule has 1 aliphatic heterocycles. The number of fused-ring (bicyclic) bond motifs is 1. The van der Waals surface area contributed by atoms with Crippen molar-refractivity contribution in [2.24, 2.45) is 5.73 Å². The maximum absolute atomic E-state index is 13.8. The van der Waals surface area contributed by atoms with Crippen LogP contribution in [-0.4, -0.2) is 52.1 Å². The molecule has 0 amide bonds. The zero-order valence-electron chi connectivity index (χ0n) is 20.1. The number of hydrogen-bond donors (Lipinski definition) is 2. The molecule has 9 nitrogen and oxygen atoms in total. The van der Waals surface area contributed by atoms with Crippen LogP contribution in [0.1, 0.15) is 12.1 Å². The monoisotopic (exact) mass is 506 g/mol. The minimum absolute atomic E-state index is 0.140. The van der Waals surface area contributed by atoms with Crippen LogP contribution in [0.5, 0.6) is 0 Å². The number of ether oxygens (including phenoxy) is 2. The highest BCUT2D eigenvalue weighted by Gasteiger charge is 2.21. The first kappa shape index (κ1) is 24.3. The van der Waals surface area contributed by atoms with Crippen LogP contribution in [-0.2, 0) is 16.0 Å². The van der Waals surface area contributed by atoms with E-state index in [4.69, 9.17) is 26.8 Å². The van der Waals surface area contributed by atoms with Gasteiger partial charge in [-0.15, -0.1) is 0 Å². The van der Waals surface area contributed by atoms with Gasteiger partial charge in [-0.1, -0.05) is 29.8 Å². The molecule has 4 heterocycles. The zero-order chi connectivity index (χ0) is 25.2. The normalized spacial score (nSPS) is 17.9. The van der Waals surface area contributed by atoms with E-state index in [1.165, 1.54) is 0 Å². The van der Waals surface area contributed by atoms with E-state index in [0.29, 0.717) is 53.9 Å². The first-order valence-corrected chi connectivity index (χ1v) is 12.1. The van der Waals surface area contributed by atoms with Crippen molar-refractivity contribution in [1.29, 1.82) is 0 Å². The van der Waals surface area contributed by atoms with Crippen molar-refractivity contribution in [3.63, 3.8) is 0 Å². The first-order valence-electron chi connectivity index (χ1n) is 11.7. The summed E-state index contributed by atoms with van der Waals surface area (Å²) in [5.41, 5.74) is 9.85. The molecule has 0 bridgehead atoms. The molecule has 186 valence electrons. The van der Waals surface area contributed by atoms with Gasteiger partial charge in [0.15, 0.2) is 6.29 Å². The van der Waals surface area contributed by atoms with Gasteiger partial charge in [-0.25, -0.2) is 4.98 Å². The predicted octanol–water partition coefficient (Wildman–Crippen LogP) is 3.61. The summed E-state index contributed by atoms with van der Waals surface area (Å²) in [5.74, 6) is 0.424. The van der Waals surface area contributed by atoms with Crippen molar-refractivity contribution >= 4 is 28.6 Å². The zero-order valence-corrected chi connectivity index (χ0v) is 20.8. The molecule has 0 unspecified atom stereocenters. The quantitative estimate of drug-likeness (QED) is 0.407. The molecule has 1 aromatic carbocycles. The molecule has 1 fully saturated rings. The van der Waals surface area contributed by atoms with Crippen LogP contribution in [0.3, 0.4) is 0 Å². The molecule has 0 spiro atoms. The molecule has 0 saturated carbocycles. The van der Waals surface area contributed by atoms with Gasteiger partial charge in [0.25, 0.3) is 5.56 Å². The van der Waals surface area contributed by atoms with Crippen molar-refractivity contribution in [2.75, 3.05) is 25.6 Å². The minimum atomic E-state index is -0.439. The second-order valence-electron chi connectivity index (χ2n) is 8.74. The Balaban J connectivity index is 1.56. The second-order valence-corrected chi connectivity index (χ2v) is 9.15. The number of pyridine rings is 2. The number of hydrogen-bond acceptors (Lipinski definition) is 8. The molecule has 0 radical (unpaired) electrons. The van der Waals surface area contributed by atoms with Crippen LogP contribution in [0.15, 0.2) is 53.5 Å². The van der Waals surface area contributed by atoms with Crippen LogP contribution in [0, 0.1) is 6.92 Å². The molecule has 10 heteroatoms. The molecule has 1 saturated heterocycles. The summed E-state index contributed by atoms with van der Waals surface area (Å²) in [6.07, 6.45) is 1.72. The van der Waals surface area contributed by atoms with Gasteiger partial charge in [0.05, 0.1) is 24.9 Å². The summed E-state index contributed by atoms with van der Waals surface area (Å²) in [4.78, 5) is 27.2. The molecular formula is C26H27ClN6O3. The third-order valence-electron chi connectivity index (χ3n) is 6.07. The molecule has 0 atom stereocenters. The number of halogens is 1. The number of aromatic nitrogens is 4. The molecule has 0 aliphatic carbocycles. The van der Waals surface area contributed by atoms with Gasteiger partial charge in [0.1, 0.15) is 5.65 Å². The maximum Gasteiger partial charge on any atom is 0.260 e. The van der Waals surface area contributed by atoms with Crippen molar-refractivity contribution in [1.82, 2.24) is 19.5 Å². The lowest BCUT2D eigenvalue weighted by Crippen LogP contribution is -2.41. The first-order chi connectivity index (χ1) is 17.4. The number of benzene rings is 1. The Hall–Kier alpha value is -3.37. The van der Waals surface area contributed by atoms with Crippen LogP contribution in [0.4, 0.5) is 5.95 Å². The Morgan fingerprint density at radius 1 is 1.14 bits per heavy atom. The number of nitrogens with two attached hydrogens (primary N) is 1. The Morgan fingerprint density at radius 2 is 1.94 bits per heavy atom. The lowest BCUT2D eigenvalue weighted by molar-refractivity contribution is -0.189. The smallest absolute Gasteiger partial charge is 0.260 e. The molecule has 3 aromatic heterocycles. The third kappa shape index (κ3) is 4.96. The van der Waals surface area contributed by atoms with Crippen molar-refractivity contribution in [3.05, 3.63) is 69.7 Å². The summed E-state index contributed by atoms with van der Waals surface area (Å²) in [7, 11) is 1.73. The highest BCUT2D eigenvalue weighted by Crippen LogP contribution is 2.31. The maximum atomic E-state index is 13.8. The summed E-state index contributed by atoms with van der Waals surface area (Å²) < 4.78 is 13.0. The Bertz CT molecular complexity index is 1470. The lowest BCUT2D eigenvalue weighted by atomic mass is 10.0. The van der Waals surface area contributed by atoms with Gasteiger partial charge in [-0.05, 0) is 31.2 Å². The standard InChI is InChI=1S/C26H27ClN6O3/c1-15-4-3-5-22(31-15)16-6-7-19(21(27)11-16)20-10-17-12-30-26(29-2)32-24(17)33(25(20)34)9-8-23-35-13-18(28)14-36-23/h3-7,10-12,18,23H,8-9,13-14,28H2,1-2H3,(H,29,30,32)/t18-,23-. The number of anilines is 1. The van der Waals surface area contributed by atoms with Crippen molar-refractivity contribution < 1.29 is 9.47 Å². The molecule has 3 N–H and O–H groups in total. The number of nitrogens with zero attached hydrogens (tertiary/aromatic N) is 4. The van der Waals surface area contributed by atoms with Crippen LogP contribution < -0.4 is 16.6 Å². The van der Waals surface area contributed by atoms with Gasteiger partial charge in [-0.2, -0.15) is 4.98 Å². The lowest BCUT2D eigenvalue weighted by Gasteiger charge is -2.27. The number of aryl methyl sites for hydroxylation is 2. The molecule has 36 heavy (non-hydrogen) atoms. The van der Waals surface area contributed by atoms with Crippen LogP contribution in [0.2, 0.25) is 5.02 Å². The highest BCUT2D eigenvalue weighted by molar-refractivity contribution is 6.33. The van der Waals surface area contributed by atoms with Gasteiger partial charge in [0.2, 0.25) is 5.95 Å².